The topological polar surface area (TPSA) is 74.2 Å². The highest BCUT2D eigenvalue weighted by Gasteiger charge is 2.29. The molecule has 2 amide bonds. The number of rotatable bonds is 4. The molecule has 7 heteroatoms. The van der Waals surface area contributed by atoms with Crippen LogP contribution in [0.3, 0.4) is 0 Å². The van der Waals surface area contributed by atoms with Crippen LogP contribution in [-0.2, 0) is 6.54 Å². The number of nitrogens with one attached hydrogen (secondary N) is 1. The maximum absolute atomic E-state index is 12.3. The highest BCUT2D eigenvalue weighted by atomic mass is 16.2. The number of carbonyl (C=O) groups is 1. The van der Waals surface area contributed by atoms with E-state index in [4.69, 9.17) is 0 Å². The Hall–Kier alpha value is -2.54. The van der Waals surface area contributed by atoms with Crippen LogP contribution in [0.1, 0.15) is 12.2 Å². The number of amides is 2. The van der Waals surface area contributed by atoms with Gasteiger partial charge in [-0.15, -0.1) is 0 Å². The summed E-state index contributed by atoms with van der Waals surface area (Å²) in [6.07, 6.45) is 7.78. The Morgan fingerprint density at radius 2 is 2.04 bits per heavy atom. The molecule has 7 nitrogen and oxygen atoms in total. The third-order valence-corrected chi connectivity index (χ3v) is 4.02. The molecule has 3 rings (SSSR count). The summed E-state index contributed by atoms with van der Waals surface area (Å²) in [6, 6.07) is 5.63. The molecular weight excluding hydrogens is 292 g/mol. The Morgan fingerprint density at radius 3 is 2.78 bits per heavy atom. The number of likely N-dealkylation sites (tertiary alicyclic amines) is 1. The van der Waals surface area contributed by atoms with Crippen molar-refractivity contribution in [3.05, 3.63) is 48.8 Å². The van der Waals surface area contributed by atoms with Gasteiger partial charge in [0.25, 0.3) is 0 Å². The Labute approximate surface area is 135 Å². The van der Waals surface area contributed by atoms with Gasteiger partial charge in [0, 0.05) is 49.6 Å². The van der Waals surface area contributed by atoms with E-state index in [0.717, 1.165) is 24.5 Å². The van der Waals surface area contributed by atoms with Gasteiger partial charge in [-0.25, -0.2) is 14.8 Å². The lowest BCUT2D eigenvalue weighted by atomic mass is 10.2. The smallest absolute Gasteiger partial charge is 0.321 e. The van der Waals surface area contributed by atoms with Crippen LogP contribution in [0.15, 0.2) is 43.0 Å². The summed E-state index contributed by atoms with van der Waals surface area (Å²) in [5.41, 5.74) is 0.763. The number of urea groups is 1. The second-order valence-corrected chi connectivity index (χ2v) is 5.63. The molecule has 2 aromatic rings. The summed E-state index contributed by atoms with van der Waals surface area (Å²) in [4.78, 5) is 28.8. The van der Waals surface area contributed by atoms with Gasteiger partial charge in [0.05, 0.1) is 6.54 Å². The van der Waals surface area contributed by atoms with Crippen molar-refractivity contribution in [1.82, 2.24) is 24.8 Å². The Balaban J connectivity index is 1.52. The second kappa shape index (κ2) is 7.15. The first kappa shape index (κ1) is 15.4. The number of carbonyl (C=O) groups excluding carboxylic acids is 1. The first-order chi connectivity index (χ1) is 11.2. The van der Waals surface area contributed by atoms with Crippen molar-refractivity contribution in [2.24, 2.45) is 0 Å². The van der Waals surface area contributed by atoms with Crippen LogP contribution in [-0.4, -0.2) is 57.0 Å². The molecule has 0 bridgehead atoms. The van der Waals surface area contributed by atoms with Crippen LogP contribution >= 0.6 is 0 Å². The lowest BCUT2D eigenvalue weighted by Crippen LogP contribution is -2.38. The molecule has 3 heterocycles. The van der Waals surface area contributed by atoms with Crippen LogP contribution in [0.4, 0.5) is 10.5 Å². The van der Waals surface area contributed by atoms with Gasteiger partial charge < -0.3 is 10.2 Å². The Kier molecular flexibility index (Phi) is 4.77. The zero-order valence-corrected chi connectivity index (χ0v) is 13.1. The molecule has 1 atom stereocenters. The van der Waals surface area contributed by atoms with Crippen molar-refractivity contribution in [2.45, 2.75) is 19.0 Å². The van der Waals surface area contributed by atoms with Crippen LogP contribution in [0, 0.1) is 0 Å². The predicted molar refractivity (Wildman–Crippen MR) is 86.7 cm³/mol. The molecule has 0 radical (unpaired) electrons. The molecule has 0 aromatic carbocycles. The molecule has 23 heavy (non-hydrogen) atoms. The van der Waals surface area contributed by atoms with E-state index in [-0.39, 0.29) is 6.03 Å². The number of likely N-dealkylation sites (N-methyl/N-ethyl adjacent to an activating group) is 1. The third kappa shape index (κ3) is 4.01. The minimum atomic E-state index is -0.0666. The molecule has 1 unspecified atom stereocenters. The summed E-state index contributed by atoms with van der Waals surface area (Å²) in [6.45, 7) is 2.15. The lowest BCUT2D eigenvalue weighted by Gasteiger charge is -2.24. The Morgan fingerprint density at radius 1 is 1.30 bits per heavy atom. The number of aromatic nitrogens is 3. The van der Waals surface area contributed by atoms with Crippen LogP contribution in [0.5, 0.6) is 0 Å². The SMILES string of the molecule is CN(Cc1ncccn1)C1CCN(C(=O)Nc2ccncc2)C1. The van der Waals surface area contributed by atoms with Crippen molar-refractivity contribution in [1.29, 1.82) is 0 Å². The first-order valence-electron chi connectivity index (χ1n) is 7.64. The van der Waals surface area contributed by atoms with Gasteiger partial charge in [0.1, 0.15) is 5.82 Å². The molecule has 1 fully saturated rings. The monoisotopic (exact) mass is 312 g/mol. The normalized spacial score (nSPS) is 17.5. The van der Waals surface area contributed by atoms with Gasteiger partial charge in [0.2, 0.25) is 0 Å². The lowest BCUT2D eigenvalue weighted by molar-refractivity contribution is 0.206. The summed E-state index contributed by atoms with van der Waals surface area (Å²) in [5.74, 6) is 0.801. The molecule has 0 saturated carbocycles. The quantitative estimate of drug-likeness (QED) is 0.928. The van der Waals surface area contributed by atoms with E-state index < -0.39 is 0 Å². The van der Waals surface area contributed by atoms with Gasteiger partial charge >= 0.3 is 6.03 Å². The molecule has 120 valence electrons. The average molecular weight is 312 g/mol. The fraction of sp³-hybridized carbons (Fsp3) is 0.375. The number of pyridine rings is 1. The molecule has 1 aliphatic heterocycles. The Bertz CT molecular complexity index is 636. The van der Waals surface area contributed by atoms with E-state index in [9.17, 15) is 4.79 Å². The van der Waals surface area contributed by atoms with E-state index in [1.807, 2.05) is 18.0 Å². The zero-order chi connectivity index (χ0) is 16.1. The summed E-state index contributed by atoms with van der Waals surface area (Å²) in [5, 5.41) is 2.90. The zero-order valence-electron chi connectivity index (χ0n) is 13.1. The second-order valence-electron chi connectivity index (χ2n) is 5.63. The summed E-state index contributed by atoms with van der Waals surface area (Å²) in [7, 11) is 2.05. The largest absolute Gasteiger partial charge is 0.323 e. The maximum Gasteiger partial charge on any atom is 0.321 e. The van der Waals surface area contributed by atoms with E-state index in [0.29, 0.717) is 19.1 Å². The molecule has 2 aromatic heterocycles. The summed E-state index contributed by atoms with van der Waals surface area (Å²) >= 11 is 0. The van der Waals surface area contributed by atoms with Crippen molar-refractivity contribution in [2.75, 3.05) is 25.5 Å². The third-order valence-electron chi connectivity index (χ3n) is 4.02. The molecule has 1 N–H and O–H groups in total. The fourth-order valence-corrected chi connectivity index (χ4v) is 2.69. The van der Waals surface area contributed by atoms with E-state index in [2.05, 4.69) is 25.2 Å². The first-order valence-corrected chi connectivity index (χ1v) is 7.64. The molecule has 0 aliphatic carbocycles. The number of hydrogen-bond donors (Lipinski definition) is 1. The number of anilines is 1. The van der Waals surface area contributed by atoms with Gasteiger partial charge in [-0.1, -0.05) is 0 Å². The highest BCUT2D eigenvalue weighted by Crippen LogP contribution is 2.17. The van der Waals surface area contributed by atoms with Gasteiger partial charge in [-0.3, -0.25) is 9.88 Å². The van der Waals surface area contributed by atoms with Crippen LogP contribution < -0.4 is 5.32 Å². The predicted octanol–water partition coefficient (Wildman–Crippen LogP) is 1.61. The minimum absolute atomic E-state index is 0.0666. The molecular formula is C16H20N6O. The van der Waals surface area contributed by atoms with Gasteiger partial charge in [-0.05, 0) is 31.7 Å². The van der Waals surface area contributed by atoms with Gasteiger partial charge in [-0.2, -0.15) is 0 Å². The molecule has 1 aliphatic rings. The van der Waals surface area contributed by atoms with E-state index in [1.165, 1.54) is 0 Å². The fourth-order valence-electron chi connectivity index (χ4n) is 2.69. The highest BCUT2D eigenvalue weighted by molar-refractivity contribution is 5.89. The minimum Gasteiger partial charge on any atom is -0.323 e. The van der Waals surface area contributed by atoms with Crippen molar-refractivity contribution < 1.29 is 4.79 Å². The summed E-state index contributed by atoms with van der Waals surface area (Å²) < 4.78 is 0. The van der Waals surface area contributed by atoms with E-state index in [1.54, 1.807) is 36.9 Å². The maximum atomic E-state index is 12.3. The van der Waals surface area contributed by atoms with Crippen molar-refractivity contribution in [3.63, 3.8) is 0 Å². The van der Waals surface area contributed by atoms with Crippen molar-refractivity contribution in [3.8, 4) is 0 Å². The molecule has 1 saturated heterocycles. The van der Waals surface area contributed by atoms with Crippen LogP contribution in [0.25, 0.3) is 0 Å². The van der Waals surface area contributed by atoms with E-state index >= 15 is 0 Å². The van der Waals surface area contributed by atoms with Crippen LogP contribution in [0.2, 0.25) is 0 Å². The van der Waals surface area contributed by atoms with Gasteiger partial charge in [0.15, 0.2) is 0 Å². The standard InChI is InChI=1S/C16H20N6O/c1-21(12-15-18-6-2-7-19-15)14-5-10-22(11-14)16(23)20-13-3-8-17-9-4-13/h2-4,6-9,14H,5,10-12H2,1H3,(H,17,20,23). The number of nitrogens with zero attached hydrogens (tertiary/aromatic N) is 5. The van der Waals surface area contributed by atoms with Crippen molar-refractivity contribution >= 4 is 11.7 Å². The average Bonchev–Trinajstić information content (AvgIpc) is 3.07. The molecule has 0 spiro atoms. The number of hydrogen-bond acceptors (Lipinski definition) is 5.